The smallest absolute Gasteiger partial charge is 0.327 e. The Labute approximate surface area is 56.5 Å². The van der Waals surface area contributed by atoms with Gasteiger partial charge in [-0.05, 0) is 19.6 Å². The van der Waals surface area contributed by atoms with Gasteiger partial charge in [-0.15, -0.1) is 0 Å². The molecule has 0 spiro atoms. The number of hydrogen-bond donors (Lipinski definition) is 2. The first-order chi connectivity index (χ1) is 3.92. The molecule has 0 saturated carbocycles. The zero-order valence-corrected chi connectivity index (χ0v) is 7.55. The van der Waals surface area contributed by atoms with Crippen molar-refractivity contribution >= 4 is 16.9 Å². The summed E-state index contributed by atoms with van der Waals surface area (Å²) in [5.41, 5.74) is 0. The van der Waals surface area contributed by atoms with Crippen LogP contribution < -0.4 is 0 Å². The Morgan fingerprint density at radius 2 is 1.67 bits per heavy atom. The molecule has 0 fully saturated rings. The summed E-state index contributed by atoms with van der Waals surface area (Å²) in [4.78, 5) is 16.4. The van der Waals surface area contributed by atoms with E-state index in [2.05, 4.69) is 9.25 Å². The molecule has 0 rings (SSSR count). The first-order valence-electron chi connectivity index (χ1n) is 2.45. The monoisotopic (exact) mass is 170 g/mol. The van der Waals surface area contributed by atoms with E-state index in [0.29, 0.717) is 0 Å². The fourth-order valence-corrected chi connectivity index (χ4v) is 1.31. The largest absolute Gasteiger partial charge is 0.356 e. The van der Waals surface area contributed by atoms with E-state index >= 15 is 0 Å². The summed E-state index contributed by atoms with van der Waals surface area (Å²) in [5, 5.41) is 0. The first kappa shape index (κ1) is 9.49. The van der Waals surface area contributed by atoms with Crippen molar-refractivity contribution < 1.29 is 19.0 Å². The van der Waals surface area contributed by atoms with E-state index in [9.17, 15) is 0 Å². The summed E-state index contributed by atoms with van der Waals surface area (Å²) in [6, 6.07) is 0. The lowest BCUT2D eigenvalue weighted by molar-refractivity contribution is -0.120. The highest BCUT2D eigenvalue weighted by molar-refractivity contribution is 7.39. The summed E-state index contributed by atoms with van der Waals surface area (Å²) in [7, 11) is -4.10. The molecule has 0 aromatic heterocycles. The van der Waals surface area contributed by atoms with Gasteiger partial charge in [0, 0.05) is 0 Å². The summed E-state index contributed by atoms with van der Waals surface area (Å²) < 4.78 is 8.80. The summed E-state index contributed by atoms with van der Waals surface area (Å²) in [5.74, 6) is 0. The molecule has 6 heteroatoms. The second-order valence-electron chi connectivity index (χ2n) is 2.52. The van der Waals surface area contributed by atoms with Gasteiger partial charge in [0.1, 0.15) is 0 Å². The molecule has 0 heterocycles. The molecule has 0 unspecified atom stereocenters. The second kappa shape index (κ2) is 3.61. The molecule has 0 atom stereocenters. The van der Waals surface area contributed by atoms with Crippen molar-refractivity contribution in [2.24, 2.45) is 0 Å². The third-order valence-electron chi connectivity index (χ3n) is 0.354. The van der Waals surface area contributed by atoms with Crippen LogP contribution in [0.2, 0.25) is 19.6 Å². The van der Waals surface area contributed by atoms with Crippen LogP contribution in [-0.4, -0.2) is 18.1 Å². The summed E-state index contributed by atoms with van der Waals surface area (Å²) in [6.45, 7) is 5.64. The van der Waals surface area contributed by atoms with Crippen LogP contribution in [0.15, 0.2) is 0 Å². The van der Waals surface area contributed by atoms with Crippen LogP contribution in [0.25, 0.3) is 0 Å². The lowest BCUT2D eigenvalue weighted by atomic mass is 11.8. The SMILES string of the molecule is C[Si](C)(C)OOP(O)O. The van der Waals surface area contributed by atoms with Crippen LogP contribution in [0.3, 0.4) is 0 Å². The first-order valence-corrected chi connectivity index (χ1v) is 7.03. The van der Waals surface area contributed by atoms with Crippen LogP contribution in [-0.2, 0) is 9.25 Å². The highest BCUT2D eigenvalue weighted by atomic mass is 31.2. The van der Waals surface area contributed by atoms with E-state index in [-0.39, 0.29) is 0 Å². The van der Waals surface area contributed by atoms with Crippen LogP contribution in [0.4, 0.5) is 0 Å². The molecule has 0 aromatic rings. The Kier molecular flexibility index (Phi) is 3.80. The van der Waals surface area contributed by atoms with Crippen molar-refractivity contribution in [1.29, 1.82) is 0 Å². The van der Waals surface area contributed by atoms with Gasteiger partial charge in [-0.2, -0.15) is 4.67 Å². The van der Waals surface area contributed by atoms with Crippen molar-refractivity contribution in [2.75, 3.05) is 0 Å². The minimum atomic E-state index is -2.35. The van der Waals surface area contributed by atoms with E-state index in [1.807, 2.05) is 19.6 Å². The Bertz CT molecular complexity index is 80.4. The van der Waals surface area contributed by atoms with Crippen molar-refractivity contribution in [3.8, 4) is 0 Å². The molecule has 0 radical (unpaired) electrons. The Balaban J connectivity index is 3.28. The minimum Gasteiger partial charge on any atom is -0.327 e. The van der Waals surface area contributed by atoms with E-state index in [1.165, 1.54) is 0 Å². The molecule has 0 aliphatic rings. The molecule has 0 aromatic carbocycles. The average Bonchev–Trinajstić information content (AvgIpc) is 1.59. The molecule has 0 amide bonds. The molecular formula is C3H11O4PSi. The lowest BCUT2D eigenvalue weighted by Crippen LogP contribution is -2.24. The van der Waals surface area contributed by atoms with Crippen molar-refractivity contribution in [3.05, 3.63) is 0 Å². The zero-order chi connectivity index (χ0) is 7.49. The predicted octanol–water partition coefficient (Wildman–Crippen LogP) is 0.981. The van der Waals surface area contributed by atoms with Crippen LogP contribution in [0.1, 0.15) is 0 Å². The van der Waals surface area contributed by atoms with Gasteiger partial charge in [0.25, 0.3) is 0 Å². The summed E-state index contributed by atoms with van der Waals surface area (Å²) >= 11 is 0. The maximum absolute atomic E-state index is 8.21. The van der Waals surface area contributed by atoms with Crippen molar-refractivity contribution in [2.45, 2.75) is 19.6 Å². The number of hydrogen-bond acceptors (Lipinski definition) is 4. The fourth-order valence-electron chi connectivity index (χ4n) is 0.145. The van der Waals surface area contributed by atoms with Gasteiger partial charge in [-0.25, -0.2) is 0 Å². The molecule has 4 nitrogen and oxygen atoms in total. The molecule has 0 aliphatic carbocycles. The fraction of sp³-hybridized carbons (Fsp3) is 1.00. The van der Waals surface area contributed by atoms with Gasteiger partial charge >= 0.3 is 8.60 Å². The van der Waals surface area contributed by atoms with Crippen LogP contribution >= 0.6 is 8.60 Å². The van der Waals surface area contributed by atoms with Crippen LogP contribution in [0.5, 0.6) is 0 Å². The van der Waals surface area contributed by atoms with Gasteiger partial charge in [0.05, 0.1) is 0 Å². The van der Waals surface area contributed by atoms with Gasteiger partial charge < -0.3 is 9.79 Å². The van der Waals surface area contributed by atoms with E-state index in [0.717, 1.165) is 0 Å². The maximum atomic E-state index is 8.21. The Hall–Kier alpha value is 0.487. The Morgan fingerprint density at radius 1 is 1.22 bits per heavy atom. The van der Waals surface area contributed by atoms with Gasteiger partial charge in [0.2, 0.25) is 8.32 Å². The number of rotatable bonds is 3. The van der Waals surface area contributed by atoms with E-state index in [1.54, 1.807) is 0 Å². The third kappa shape index (κ3) is 8.49. The normalized spacial score (nSPS) is 12.7. The van der Waals surface area contributed by atoms with Crippen LogP contribution in [0, 0.1) is 0 Å². The average molecular weight is 170 g/mol. The maximum Gasteiger partial charge on any atom is 0.356 e. The molecule has 2 N–H and O–H groups in total. The van der Waals surface area contributed by atoms with Gasteiger partial charge in [0.15, 0.2) is 0 Å². The zero-order valence-electron chi connectivity index (χ0n) is 5.66. The molecule has 56 valence electrons. The van der Waals surface area contributed by atoms with E-state index < -0.39 is 16.9 Å². The summed E-state index contributed by atoms with van der Waals surface area (Å²) in [6.07, 6.45) is 0. The highest BCUT2D eigenvalue weighted by Gasteiger charge is 2.17. The quantitative estimate of drug-likeness (QED) is 0.287. The third-order valence-corrected chi connectivity index (χ3v) is 1.29. The molecular weight excluding hydrogens is 159 g/mol. The van der Waals surface area contributed by atoms with Gasteiger partial charge in [-0.3, -0.25) is 4.58 Å². The second-order valence-corrected chi connectivity index (χ2v) is 7.57. The predicted molar refractivity (Wildman–Crippen MR) is 36.9 cm³/mol. The topological polar surface area (TPSA) is 58.9 Å². The standard InChI is InChI=1S/C3H11O4PSi/c1-9(2,3)7-6-8(4)5/h4-5H,1-3H3. The molecule has 0 aliphatic heterocycles. The lowest BCUT2D eigenvalue weighted by Gasteiger charge is -2.14. The highest BCUT2D eigenvalue weighted by Crippen LogP contribution is 2.26. The van der Waals surface area contributed by atoms with Crippen molar-refractivity contribution in [1.82, 2.24) is 0 Å². The molecule has 0 bridgehead atoms. The minimum absolute atomic E-state index is 1.75. The van der Waals surface area contributed by atoms with Crippen molar-refractivity contribution in [3.63, 3.8) is 0 Å². The van der Waals surface area contributed by atoms with E-state index in [4.69, 9.17) is 9.79 Å². The molecule has 0 saturated heterocycles. The Morgan fingerprint density at radius 3 is 1.78 bits per heavy atom. The van der Waals surface area contributed by atoms with Gasteiger partial charge in [-0.1, -0.05) is 0 Å². The molecule has 9 heavy (non-hydrogen) atoms.